The molecule has 0 radical (unpaired) electrons. The first-order chi connectivity index (χ1) is 12.8. The first-order valence-corrected chi connectivity index (χ1v) is 10.9. The molecule has 2 aliphatic heterocycles. The van der Waals surface area contributed by atoms with E-state index in [-0.39, 0.29) is 5.25 Å². The Hall–Kier alpha value is -2.00. The van der Waals surface area contributed by atoms with Crippen LogP contribution < -0.4 is 4.90 Å². The molecule has 2 aromatic heterocycles. The fourth-order valence-electron chi connectivity index (χ4n) is 4.13. The van der Waals surface area contributed by atoms with Crippen molar-refractivity contribution in [1.82, 2.24) is 24.1 Å². The van der Waals surface area contributed by atoms with Crippen LogP contribution >= 0.6 is 0 Å². The van der Waals surface area contributed by atoms with Crippen molar-refractivity contribution in [2.45, 2.75) is 32.9 Å². The van der Waals surface area contributed by atoms with E-state index in [1.54, 1.807) is 24.5 Å². The van der Waals surface area contributed by atoms with Gasteiger partial charge in [-0.05, 0) is 45.6 Å². The molecule has 2 atom stereocenters. The smallest absolute Gasteiger partial charge is 0.216 e. The Balaban J connectivity index is 1.50. The highest BCUT2D eigenvalue weighted by molar-refractivity contribution is 7.89. The zero-order chi connectivity index (χ0) is 19.3. The van der Waals surface area contributed by atoms with Crippen LogP contribution in [0.3, 0.4) is 0 Å². The maximum Gasteiger partial charge on any atom is 0.216 e. The number of nitrogens with zero attached hydrogens (tertiary/aromatic N) is 6. The minimum atomic E-state index is -3.17. The molecule has 27 heavy (non-hydrogen) atoms. The molecule has 2 fully saturated rings. The van der Waals surface area contributed by atoms with Gasteiger partial charge >= 0.3 is 0 Å². The summed E-state index contributed by atoms with van der Waals surface area (Å²) in [6, 6.07) is 3.98. The van der Waals surface area contributed by atoms with E-state index in [1.807, 2.05) is 30.7 Å². The average Bonchev–Trinajstić information content (AvgIpc) is 3.27. The highest BCUT2D eigenvalue weighted by Crippen LogP contribution is 2.35. The lowest BCUT2D eigenvalue weighted by Crippen LogP contribution is -2.37. The third-order valence-electron chi connectivity index (χ3n) is 5.60. The molecule has 0 amide bonds. The average molecular weight is 391 g/mol. The molecular formula is C18H26N6O2S. The minimum absolute atomic E-state index is 0.352. The fraction of sp³-hybridized carbons (Fsp3) is 0.611. The van der Waals surface area contributed by atoms with E-state index in [1.165, 1.54) is 0 Å². The molecule has 2 aromatic rings. The Labute approximate surface area is 160 Å². The third-order valence-corrected chi connectivity index (χ3v) is 7.81. The van der Waals surface area contributed by atoms with Crippen molar-refractivity contribution in [3.63, 3.8) is 0 Å². The molecular weight excluding hydrogens is 364 g/mol. The Morgan fingerprint density at radius 3 is 2.19 bits per heavy atom. The summed E-state index contributed by atoms with van der Waals surface area (Å²) in [4.78, 5) is 11.1. The van der Waals surface area contributed by atoms with Gasteiger partial charge in [0.2, 0.25) is 10.0 Å². The van der Waals surface area contributed by atoms with Crippen molar-refractivity contribution in [1.29, 1.82) is 0 Å². The predicted octanol–water partition coefficient (Wildman–Crippen LogP) is 1.39. The van der Waals surface area contributed by atoms with E-state index in [2.05, 4.69) is 20.0 Å². The predicted molar refractivity (Wildman–Crippen MR) is 103 cm³/mol. The van der Waals surface area contributed by atoms with Gasteiger partial charge in [-0.3, -0.25) is 0 Å². The van der Waals surface area contributed by atoms with E-state index in [4.69, 9.17) is 0 Å². The summed E-state index contributed by atoms with van der Waals surface area (Å²) in [5, 5.41) is 4.13. The zero-order valence-corrected chi connectivity index (χ0v) is 17.0. The summed E-state index contributed by atoms with van der Waals surface area (Å²) in [6.45, 7) is 10.3. The number of fused-ring (bicyclic) bond motifs is 1. The Morgan fingerprint density at radius 2 is 1.63 bits per heavy atom. The summed E-state index contributed by atoms with van der Waals surface area (Å²) >= 11 is 0. The topological polar surface area (TPSA) is 84.2 Å². The maximum atomic E-state index is 12.4. The Kier molecular flexibility index (Phi) is 4.46. The van der Waals surface area contributed by atoms with Crippen LogP contribution in [0.5, 0.6) is 0 Å². The van der Waals surface area contributed by atoms with Gasteiger partial charge in [0, 0.05) is 37.9 Å². The monoisotopic (exact) mass is 390 g/mol. The van der Waals surface area contributed by atoms with E-state index >= 15 is 0 Å². The van der Waals surface area contributed by atoms with Crippen LogP contribution in [0.1, 0.15) is 25.2 Å². The summed E-state index contributed by atoms with van der Waals surface area (Å²) in [7, 11) is -3.17. The van der Waals surface area contributed by atoms with Crippen molar-refractivity contribution >= 4 is 15.8 Å². The second-order valence-electron chi connectivity index (χ2n) is 7.91. The minimum Gasteiger partial charge on any atom is -0.356 e. The SMILES string of the molecule is Cc1cc(C)n(-c2cc(N3CC4CN(S(=O)(=O)C(C)C)CC4C3)ncn2)n1. The van der Waals surface area contributed by atoms with Crippen LogP contribution in [0.2, 0.25) is 0 Å². The number of hydrogen-bond acceptors (Lipinski definition) is 6. The molecule has 0 aliphatic carbocycles. The van der Waals surface area contributed by atoms with E-state index in [9.17, 15) is 8.42 Å². The van der Waals surface area contributed by atoms with Crippen LogP contribution in [0.25, 0.3) is 5.82 Å². The van der Waals surface area contributed by atoms with Gasteiger partial charge in [-0.2, -0.15) is 5.10 Å². The lowest BCUT2D eigenvalue weighted by atomic mass is 10.0. The van der Waals surface area contributed by atoms with Gasteiger partial charge in [-0.25, -0.2) is 27.4 Å². The Bertz CT molecular complexity index is 941. The molecule has 0 bridgehead atoms. The largest absolute Gasteiger partial charge is 0.356 e. The molecule has 0 N–H and O–H groups in total. The molecule has 0 aromatic carbocycles. The molecule has 2 saturated heterocycles. The highest BCUT2D eigenvalue weighted by atomic mass is 32.2. The van der Waals surface area contributed by atoms with Crippen molar-refractivity contribution in [2.24, 2.45) is 11.8 Å². The van der Waals surface area contributed by atoms with Gasteiger partial charge in [0.1, 0.15) is 12.1 Å². The second kappa shape index (κ2) is 6.56. The van der Waals surface area contributed by atoms with Crippen molar-refractivity contribution < 1.29 is 8.42 Å². The van der Waals surface area contributed by atoms with Crippen LogP contribution in [0, 0.1) is 25.7 Å². The number of aromatic nitrogens is 4. The van der Waals surface area contributed by atoms with Gasteiger partial charge in [-0.1, -0.05) is 0 Å². The highest BCUT2D eigenvalue weighted by Gasteiger charge is 2.44. The Morgan fingerprint density at radius 1 is 1.00 bits per heavy atom. The van der Waals surface area contributed by atoms with Crippen LogP contribution in [0.15, 0.2) is 18.5 Å². The van der Waals surface area contributed by atoms with Crippen molar-refractivity contribution in [3.05, 3.63) is 29.8 Å². The molecule has 2 unspecified atom stereocenters. The van der Waals surface area contributed by atoms with E-state index in [0.29, 0.717) is 24.9 Å². The van der Waals surface area contributed by atoms with Crippen molar-refractivity contribution in [3.8, 4) is 5.82 Å². The molecule has 9 heteroatoms. The van der Waals surface area contributed by atoms with Crippen LogP contribution in [-0.2, 0) is 10.0 Å². The molecule has 0 saturated carbocycles. The van der Waals surface area contributed by atoms with Gasteiger partial charge < -0.3 is 4.90 Å². The number of rotatable bonds is 4. The van der Waals surface area contributed by atoms with Gasteiger partial charge in [0.15, 0.2) is 5.82 Å². The summed E-state index contributed by atoms with van der Waals surface area (Å²) in [5.74, 6) is 2.34. The van der Waals surface area contributed by atoms with Crippen LogP contribution in [-0.4, -0.2) is 63.9 Å². The van der Waals surface area contributed by atoms with Gasteiger partial charge in [0.25, 0.3) is 0 Å². The second-order valence-corrected chi connectivity index (χ2v) is 10.4. The number of aryl methyl sites for hydroxylation is 2. The van der Waals surface area contributed by atoms with Gasteiger partial charge in [-0.15, -0.1) is 0 Å². The lowest BCUT2D eigenvalue weighted by Gasteiger charge is -2.23. The molecule has 146 valence electrons. The zero-order valence-electron chi connectivity index (χ0n) is 16.2. The van der Waals surface area contributed by atoms with E-state index in [0.717, 1.165) is 36.1 Å². The fourth-order valence-corrected chi connectivity index (χ4v) is 5.52. The van der Waals surface area contributed by atoms with Crippen molar-refractivity contribution in [2.75, 3.05) is 31.1 Å². The maximum absolute atomic E-state index is 12.4. The molecule has 0 spiro atoms. The molecule has 4 heterocycles. The third kappa shape index (κ3) is 3.23. The van der Waals surface area contributed by atoms with E-state index < -0.39 is 10.0 Å². The lowest BCUT2D eigenvalue weighted by molar-refractivity contribution is 0.447. The number of hydrogen-bond donors (Lipinski definition) is 0. The summed E-state index contributed by atoms with van der Waals surface area (Å²) in [5.41, 5.74) is 1.99. The molecule has 2 aliphatic rings. The first kappa shape index (κ1) is 18.4. The summed E-state index contributed by atoms with van der Waals surface area (Å²) in [6.07, 6.45) is 1.57. The number of sulfonamides is 1. The summed E-state index contributed by atoms with van der Waals surface area (Å²) < 4.78 is 28.4. The number of anilines is 1. The standard InChI is InChI=1S/C18H26N6O2S/c1-12(2)27(25,26)23-9-15-7-22(8-16(15)10-23)17-6-18(20-11-19-17)24-14(4)5-13(3)21-24/h5-6,11-12,15-16H,7-10H2,1-4H3. The first-order valence-electron chi connectivity index (χ1n) is 9.35. The quantitative estimate of drug-likeness (QED) is 0.784. The molecule has 8 nitrogen and oxygen atoms in total. The molecule has 4 rings (SSSR count). The van der Waals surface area contributed by atoms with Gasteiger partial charge in [0.05, 0.1) is 10.9 Å². The normalized spacial score (nSPS) is 23.4. The van der Waals surface area contributed by atoms with Crippen LogP contribution in [0.4, 0.5) is 5.82 Å².